The summed E-state index contributed by atoms with van der Waals surface area (Å²) in [5.41, 5.74) is 0. The van der Waals surface area contributed by atoms with Crippen molar-refractivity contribution in [1.82, 2.24) is 15.1 Å². The van der Waals surface area contributed by atoms with Crippen molar-refractivity contribution >= 4 is 18.0 Å². The van der Waals surface area contributed by atoms with Gasteiger partial charge in [0.05, 0.1) is 0 Å². The molecular formula is C14H25N3O5. The van der Waals surface area contributed by atoms with Crippen LogP contribution in [0, 0.1) is 0 Å². The van der Waals surface area contributed by atoms with Gasteiger partial charge in [-0.15, -0.1) is 0 Å². The summed E-state index contributed by atoms with van der Waals surface area (Å²) in [6, 6.07) is 0. The monoisotopic (exact) mass is 315 g/mol. The van der Waals surface area contributed by atoms with Crippen molar-refractivity contribution < 1.29 is 24.2 Å². The Morgan fingerprint density at radius 2 is 1.91 bits per heavy atom. The standard InChI is InChI=1S/C14H25N3O5/c1-15-9-10-17(4)14(21)22-11(13(19)20)7-5-6-8-12(18)16(2)3/h6,8,11,15H,5,7,9-10H2,1-4H3,(H,19,20)/b8-6+/t11-/m0/s1. The Hall–Kier alpha value is -2.09. The molecular weight excluding hydrogens is 290 g/mol. The van der Waals surface area contributed by atoms with Crippen LogP contribution in [0.25, 0.3) is 0 Å². The second-order valence-electron chi connectivity index (χ2n) is 4.95. The Bertz CT molecular complexity index is 409. The molecule has 0 bridgehead atoms. The second kappa shape index (κ2) is 10.6. The number of carboxylic acids is 1. The van der Waals surface area contributed by atoms with E-state index in [2.05, 4.69) is 5.32 Å². The third-order valence-corrected chi connectivity index (χ3v) is 2.82. The van der Waals surface area contributed by atoms with Gasteiger partial charge in [-0.05, 0) is 26.0 Å². The molecule has 8 nitrogen and oxygen atoms in total. The van der Waals surface area contributed by atoms with Crippen LogP contribution in [0.5, 0.6) is 0 Å². The number of carbonyl (C=O) groups is 3. The van der Waals surface area contributed by atoms with Crippen molar-refractivity contribution in [3.05, 3.63) is 12.2 Å². The van der Waals surface area contributed by atoms with Gasteiger partial charge >= 0.3 is 12.1 Å². The quantitative estimate of drug-likeness (QED) is 0.588. The van der Waals surface area contributed by atoms with E-state index in [1.807, 2.05) is 0 Å². The van der Waals surface area contributed by atoms with E-state index in [0.29, 0.717) is 19.5 Å². The number of nitrogens with one attached hydrogen (secondary N) is 1. The van der Waals surface area contributed by atoms with Crippen LogP contribution < -0.4 is 5.32 Å². The van der Waals surface area contributed by atoms with Gasteiger partial charge in [0.1, 0.15) is 0 Å². The normalized spacial score (nSPS) is 12.0. The van der Waals surface area contributed by atoms with Gasteiger partial charge in [-0.3, -0.25) is 4.79 Å². The van der Waals surface area contributed by atoms with Gasteiger partial charge in [0, 0.05) is 34.2 Å². The predicted molar refractivity (Wildman–Crippen MR) is 81.5 cm³/mol. The molecule has 0 aliphatic heterocycles. The van der Waals surface area contributed by atoms with Crippen LogP contribution in [0.4, 0.5) is 4.79 Å². The van der Waals surface area contributed by atoms with Crippen LogP contribution in [-0.4, -0.2) is 80.3 Å². The Kier molecular flexibility index (Phi) is 9.60. The van der Waals surface area contributed by atoms with E-state index in [9.17, 15) is 14.4 Å². The Morgan fingerprint density at radius 1 is 1.27 bits per heavy atom. The fourth-order valence-corrected chi connectivity index (χ4v) is 1.40. The first kappa shape index (κ1) is 19.9. The highest BCUT2D eigenvalue weighted by molar-refractivity contribution is 5.87. The lowest BCUT2D eigenvalue weighted by Crippen LogP contribution is -2.37. The van der Waals surface area contributed by atoms with Gasteiger partial charge < -0.3 is 25.0 Å². The van der Waals surface area contributed by atoms with Crippen molar-refractivity contribution in [2.45, 2.75) is 18.9 Å². The van der Waals surface area contributed by atoms with Gasteiger partial charge in [-0.25, -0.2) is 9.59 Å². The maximum Gasteiger partial charge on any atom is 0.410 e. The molecule has 0 heterocycles. The highest BCUT2D eigenvalue weighted by Gasteiger charge is 2.23. The fourth-order valence-electron chi connectivity index (χ4n) is 1.40. The van der Waals surface area contributed by atoms with E-state index in [0.717, 1.165) is 0 Å². The van der Waals surface area contributed by atoms with Gasteiger partial charge in [-0.2, -0.15) is 0 Å². The van der Waals surface area contributed by atoms with Gasteiger partial charge in [0.25, 0.3) is 0 Å². The van der Waals surface area contributed by atoms with E-state index in [1.165, 1.54) is 22.9 Å². The van der Waals surface area contributed by atoms with Crippen LogP contribution in [0.3, 0.4) is 0 Å². The molecule has 0 aliphatic rings. The SMILES string of the molecule is CNCCN(C)C(=O)O[C@@H](CC/C=C/C(=O)N(C)C)C(=O)O. The van der Waals surface area contributed by atoms with Crippen molar-refractivity contribution in [2.75, 3.05) is 41.3 Å². The molecule has 2 N–H and O–H groups in total. The van der Waals surface area contributed by atoms with Crippen LogP contribution in [0.15, 0.2) is 12.2 Å². The first-order chi connectivity index (χ1) is 10.3. The lowest BCUT2D eigenvalue weighted by molar-refractivity contribution is -0.147. The molecule has 0 unspecified atom stereocenters. The summed E-state index contributed by atoms with van der Waals surface area (Å²) >= 11 is 0. The van der Waals surface area contributed by atoms with Crippen LogP contribution in [-0.2, 0) is 14.3 Å². The van der Waals surface area contributed by atoms with Crippen molar-refractivity contribution in [3.8, 4) is 0 Å². The molecule has 0 fully saturated rings. The van der Waals surface area contributed by atoms with Crippen LogP contribution >= 0.6 is 0 Å². The smallest absolute Gasteiger partial charge is 0.410 e. The molecule has 0 aromatic carbocycles. The number of nitrogens with zero attached hydrogens (tertiary/aromatic N) is 2. The minimum atomic E-state index is -1.23. The Morgan fingerprint density at radius 3 is 2.41 bits per heavy atom. The summed E-state index contributed by atoms with van der Waals surface area (Å²) in [5.74, 6) is -1.39. The number of hydrogen-bond acceptors (Lipinski definition) is 5. The predicted octanol–water partition coefficient (Wildman–Crippen LogP) is 0.152. The average Bonchev–Trinajstić information content (AvgIpc) is 2.46. The van der Waals surface area contributed by atoms with Crippen molar-refractivity contribution in [2.24, 2.45) is 0 Å². The lowest BCUT2D eigenvalue weighted by atomic mass is 10.2. The Labute approximate surface area is 130 Å². The van der Waals surface area contributed by atoms with E-state index in [-0.39, 0.29) is 12.3 Å². The number of ether oxygens (including phenoxy) is 1. The zero-order valence-corrected chi connectivity index (χ0v) is 13.5. The molecule has 0 rings (SSSR count). The summed E-state index contributed by atoms with van der Waals surface area (Å²) in [5, 5.41) is 11.9. The molecule has 2 amide bonds. The third kappa shape index (κ3) is 8.25. The number of hydrogen-bond donors (Lipinski definition) is 2. The average molecular weight is 315 g/mol. The number of amides is 2. The van der Waals surface area contributed by atoms with Gasteiger partial charge in [0.2, 0.25) is 12.0 Å². The Balaban J connectivity index is 4.35. The topological polar surface area (TPSA) is 99.2 Å². The number of allylic oxidation sites excluding steroid dienone is 1. The number of aliphatic carboxylic acids is 1. The van der Waals surface area contributed by atoms with Gasteiger partial charge in [0.15, 0.2) is 0 Å². The maximum absolute atomic E-state index is 11.7. The molecule has 1 atom stereocenters. The number of rotatable bonds is 9. The minimum absolute atomic E-state index is 0.109. The molecule has 0 saturated heterocycles. The number of likely N-dealkylation sites (N-methyl/N-ethyl adjacent to an activating group) is 3. The molecule has 8 heteroatoms. The number of carbonyl (C=O) groups excluding carboxylic acids is 2. The molecule has 0 aliphatic carbocycles. The van der Waals surface area contributed by atoms with Crippen LogP contribution in [0.1, 0.15) is 12.8 Å². The second-order valence-corrected chi connectivity index (χ2v) is 4.95. The fraction of sp³-hybridized carbons (Fsp3) is 0.643. The van der Waals surface area contributed by atoms with Crippen LogP contribution in [0.2, 0.25) is 0 Å². The molecule has 22 heavy (non-hydrogen) atoms. The summed E-state index contributed by atoms with van der Waals surface area (Å²) in [6.07, 6.45) is 1.44. The molecule has 0 saturated carbocycles. The lowest BCUT2D eigenvalue weighted by Gasteiger charge is -2.20. The summed E-state index contributed by atoms with van der Waals surface area (Å²) in [4.78, 5) is 36.9. The van der Waals surface area contributed by atoms with E-state index in [4.69, 9.17) is 9.84 Å². The zero-order valence-electron chi connectivity index (χ0n) is 13.5. The molecule has 126 valence electrons. The van der Waals surface area contributed by atoms with Crippen molar-refractivity contribution in [3.63, 3.8) is 0 Å². The summed E-state index contributed by atoms with van der Waals surface area (Å²) < 4.78 is 4.96. The first-order valence-electron chi connectivity index (χ1n) is 6.96. The third-order valence-electron chi connectivity index (χ3n) is 2.82. The largest absolute Gasteiger partial charge is 0.479 e. The maximum atomic E-state index is 11.7. The van der Waals surface area contributed by atoms with E-state index < -0.39 is 18.2 Å². The highest BCUT2D eigenvalue weighted by Crippen LogP contribution is 2.06. The molecule has 0 radical (unpaired) electrons. The number of carboxylic acid groups (broad SMARTS) is 1. The highest BCUT2D eigenvalue weighted by atomic mass is 16.6. The zero-order chi connectivity index (χ0) is 17.1. The summed E-state index contributed by atoms with van der Waals surface area (Å²) in [6.45, 7) is 0.998. The van der Waals surface area contributed by atoms with E-state index in [1.54, 1.807) is 27.2 Å². The van der Waals surface area contributed by atoms with Crippen molar-refractivity contribution in [1.29, 1.82) is 0 Å². The molecule has 0 aromatic heterocycles. The van der Waals surface area contributed by atoms with E-state index >= 15 is 0 Å². The minimum Gasteiger partial charge on any atom is -0.479 e. The first-order valence-corrected chi connectivity index (χ1v) is 6.96. The summed E-state index contributed by atoms with van der Waals surface area (Å²) in [7, 11) is 6.53. The molecule has 0 spiro atoms. The molecule has 0 aromatic rings. The van der Waals surface area contributed by atoms with Gasteiger partial charge in [-0.1, -0.05) is 6.08 Å².